The van der Waals surface area contributed by atoms with Gasteiger partial charge in [0.1, 0.15) is 18.2 Å². The van der Waals surface area contributed by atoms with E-state index in [1.165, 1.54) is 6.08 Å². The standard InChI is InChI=1S/C24H17Cl3N2O2/c1-15-4-2-7-20(8-15)29-24(30)18(13-28)9-17-11-21(26)23(22(27)12-17)31-14-16-5-3-6-19(25)10-16/h2-12H,14H2,1H3,(H,29,30)/b18-9+. The van der Waals surface area contributed by atoms with Crippen molar-refractivity contribution in [3.63, 3.8) is 0 Å². The number of benzene rings is 3. The Labute approximate surface area is 195 Å². The molecule has 0 heterocycles. The molecule has 0 fully saturated rings. The molecule has 3 aromatic rings. The number of ether oxygens (including phenoxy) is 1. The highest BCUT2D eigenvalue weighted by Crippen LogP contribution is 2.35. The van der Waals surface area contributed by atoms with Gasteiger partial charge in [0.15, 0.2) is 5.75 Å². The fraction of sp³-hybridized carbons (Fsp3) is 0.0833. The molecule has 7 heteroatoms. The van der Waals surface area contributed by atoms with Crippen LogP contribution in [-0.2, 0) is 11.4 Å². The number of aryl methyl sites for hydroxylation is 1. The fourth-order valence-corrected chi connectivity index (χ4v) is 3.65. The zero-order chi connectivity index (χ0) is 22.4. The van der Waals surface area contributed by atoms with Crippen LogP contribution < -0.4 is 10.1 Å². The lowest BCUT2D eigenvalue weighted by molar-refractivity contribution is -0.112. The van der Waals surface area contributed by atoms with Crippen molar-refractivity contribution in [1.82, 2.24) is 0 Å². The minimum absolute atomic E-state index is 0.0822. The molecule has 0 radical (unpaired) electrons. The lowest BCUT2D eigenvalue weighted by Crippen LogP contribution is -2.13. The van der Waals surface area contributed by atoms with Crippen LogP contribution in [0.15, 0.2) is 66.2 Å². The van der Waals surface area contributed by atoms with E-state index in [4.69, 9.17) is 39.5 Å². The first-order valence-electron chi connectivity index (χ1n) is 9.22. The smallest absolute Gasteiger partial charge is 0.266 e. The number of hydrogen-bond donors (Lipinski definition) is 1. The summed E-state index contributed by atoms with van der Waals surface area (Å²) in [6.07, 6.45) is 1.42. The minimum atomic E-state index is -0.526. The van der Waals surface area contributed by atoms with E-state index in [-0.39, 0.29) is 22.2 Å². The Bertz CT molecular complexity index is 1180. The van der Waals surface area contributed by atoms with Crippen molar-refractivity contribution >= 4 is 52.5 Å². The van der Waals surface area contributed by atoms with E-state index in [1.54, 1.807) is 30.3 Å². The van der Waals surface area contributed by atoms with E-state index in [9.17, 15) is 10.1 Å². The van der Waals surface area contributed by atoms with E-state index >= 15 is 0 Å². The predicted molar refractivity (Wildman–Crippen MR) is 126 cm³/mol. The second-order valence-electron chi connectivity index (χ2n) is 6.73. The molecule has 3 aromatic carbocycles. The molecule has 4 nitrogen and oxygen atoms in total. The van der Waals surface area contributed by atoms with Gasteiger partial charge in [-0.25, -0.2) is 0 Å². The number of amides is 1. The van der Waals surface area contributed by atoms with E-state index in [1.807, 2.05) is 43.3 Å². The largest absolute Gasteiger partial charge is 0.486 e. The highest BCUT2D eigenvalue weighted by molar-refractivity contribution is 6.37. The number of halogens is 3. The molecule has 0 unspecified atom stereocenters. The number of nitrogens with one attached hydrogen (secondary N) is 1. The van der Waals surface area contributed by atoms with Crippen molar-refractivity contribution in [1.29, 1.82) is 5.26 Å². The minimum Gasteiger partial charge on any atom is -0.486 e. The van der Waals surface area contributed by atoms with Crippen molar-refractivity contribution in [2.45, 2.75) is 13.5 Å². The maximum absolute atomic E-state index is 12.5. The van der Waals surface area contributed by atoms with Crippen molar-refractivity contribution in [2.75, 3.05) is 5.32 Å². The summed E-state index contributed by atoms with van der Waals surface area (Å²) in [6.45, 7) is 2.15. The summed E-state index contributed by atoms with van der Waals surface area (Å²) in [7, 11) is 0. The Morgan fingerprint density at radius 1 is 1.06 bits per heavy atom. The lowest BCUT2D eigenvalue weighted by Gasteiger charge is -2.11. The predicted octanol–water partition coefficient (Wildman–Crippen LogP) is 7.08. The molecule has 31 heavy (non-hydrogen) atoms. The number of anilines is 1. The van der Waals surface area contributed by atoms with Crippen LogP contribution in [0.25, 0.3) is 6.08 Å². The van der Waals surface area contributed by atoms with Crippen LogP contribution in [0, 0.1) is 18.3 Å². The van der Waals surface area contributed by atoms with Gasteiger partial charge in [-0.3, -0.25) is 4.79 Å². The second kappa shape index (κ2) is 10.4. The summed E-state index contributed by atoms with van der Waals surface area (Å²) < 4.78 is 5.75. The molecule has 0 aromatic heterocycles. The molecule has 0 aliphatic heterocycles. The van der Waals surface area contributed by atoms with Gasteiger partial charge in [-0.1, -0.05) is 59.1 Å². The van der Waals surface area contributed by atoms with Gasteiger partial charge in [-0.2, -0.15) is 5.26 Å². The molecule has 3 rings (SSSR count). The third-order valence-corrected chi connectivity index (χ3v) is 5.04. The molecule has 0 aliphatic carbocycles. The normalized spacial score (nSPS) is 11.0. The van der Waals surface area contributed by atoms with Gasteiger partial charge in [0.2, 0.25) is 0 Å². The van der Waals surface area contributed by atoms with Gasteiger partial charge in [0.25, 0.3) is 5.91 Å². The molecular weight excluding hydrogens is 455 g/mol. The first kappa shape index (κ1) is 22.7. The Kier molecular flexibility index (Phi) is 7.59. The topological polar surface area (TPSA) is 62.1 Å². The summed E-state index contributed by atoms with van der Waals surface area (Å²) in [6, 6.07) is 19.6. The second-order valence-corrected chi connectivity index (χ2v) is 7.98. The molecule has 1 amide bonds. The van der Waals surface area contributed by atoms with E-state index in [2.05, 4.69) is 5.32 Å². The average Bonchev–Trinajstić information content (AvgIpc) is 2.71. The third kappa shape index (κ3) is 6.26. The van der Waals surface area contributed by atoms with Crippen molar-refractivity contribution in [2.24, 2.45) is 0 Å². The van der Waals surface area contributed by atoms with Crippen molar-refractivity contribution < 1.29 is 9.53 Å². The zero-order valence-electron chi connectivity index (χ0n) is 16.5. The summed E-state index contributed by atoms with van der Waals surface area (Å²) >= 11 is 18.7. The highest BCUT2D eigenvalue weighted by atomic mass is 35.5. The number of nitrogens with zero attached hydrogens (tertiary/aromatic N) is 1. The number of carbonyl (C=O) groups is 1. The van der Waals surface area contributed by atoms with Gasteiger partial charge in [-0.15, -0.1) is 0 Å². The zero-order valence-corrected chi connectivity index (χ0v) is 18.7. The maximum Gasteiger partial charge on any atom is 0.266 e. The van der Waals surface area contributed by atoms with Crippen LogP contribution in [0.4, 0.5) is 5.69 Å². The summed E-state index contributed by atoms with van der Waals surface area (Å²) in [5.41, 5.74) is 2.88. The van der Waals surface area contributed by atoms with Crippen LogP contribution in [0.3, 0.4) is 0 Å². The summed E-state index contributed by atoms with van der Waals surface area (Å²) in [5, 5.41) is 13.3. The molecule has 1 N–H and O–H groups in total. The Balaban J connectivity index is 1.77. The van der Waals surface area contributed by atoms with Gasteiger partial charge in [0, 0.05) is 10.7 Å². The van der Waals surface area contributed by atoms with Gasteiger partial charge in [0.05, 0.1) is 10.0 Å². The molecule has 0 bridgehead atoms. The van der Waals surface area contributed by atoms with Gasteiger partial charge in [-0.05, 0) is 66.1 Å². The molecule has 0 aliphatic rings. The monoisotopic (exact) mass is 470 g/mol. The van der Waals surface area contributed by atoms with Crippen LogP contribution >= 0.6 is 34.8 Å². The van der Waals surface area contributed by atoms with E-state index in [0.29, 0.717) is 22.0 Å². The first-order valence-corrected chi connectivity index (χ1v) is 10.3. The fourth-order valence-electron chi connectivity index (χ4n) is 2.82. The number of hydrogen-bond acceptors (Lipinski definition) is 3. The van der Waals surface area contributed by atoms with Crippen LogP contribution in [0.2, 0.25) is 15.1 Å². The SMILES string of the molecule is Cc1cccc(NC(=O)/C(C#N)=C/c2cc(Cl)c(OCc3cccc(Cl)c3)c(Cl)c2)c1. The molecular formula is C24H17Cl3N2O2. The highest BCUT2D eigenvalue weighted by Gasteiger charge is 2.13. The summed E-state index contributed by atoms with van der Waals surface area (Å²) in [5.74, 6) is -0.218. The maximum atomic E-state index is 12.5. The average molecular weight is 472 g/mol. The quantitative estimate of drug-likeness (QED) is 0.308. The molecule has 0 spiro atoms. The number of carbonyl (C=O) groups excluding carboxylic acids is 1. The van der Waals surface area contributed by atoms with E-state index < -0.39 is 5.91 Å². The Morgan fingerprint density at radius 2 is 1.77 bits per heavy atom. The third-order valence-electron chi connectivity index (χ3n) is 4.24. The number of nitriles is 1. The van der Waals surface area contributed by atoms with Crippen LogP contribution in [0.1, 0.15) is 16.7 Å². The molecule has 0 saturated carbocycles. The van der Waals surface area contributed by atoms with Crippen molar-refractivity contribution in [3.8, 4) is 11.8 Å². The van der Waals surface area contributed by atoms with Gasteiger partial charge >= 0.3 is 0 Å². The number of rotatable bonds is 6. The lowest BCUT2D eigenvalue weighted by atomic mass is 10.1. The Hall–Kier alpha value is -2.97. The molecule has 0 atom stereocenters. The molecule has 156 valence electrons. The Morgan fingerprint density at radius 3 is 2.42 bits per heavy atom. The summed E-state index contributed by atoms with van der Waals surface area (Å²) in [4.78, 5) is 12.5. The van der Waals surface area contributed by atoms with Crippen LogP contribution in [0.5, 0.6) is 5.75 Å². The van der Waals surface area contributed by atoms with Gasteiger partial charge < -0.3 is 10.1 Å². The van der Waals surface area contributed by atoms with Crippen LogP contribution in [-0.4, -0.2) is 5.91 Å². The van der Waals surface area contributed by atoms with E-state index in [0.717, 1.165) is 11.1 Å². The van der Waals surface area contributed by atoms with Crippen molar-refractivity contribution in [3.05, 3.63) is 98.0 Å². The molecule has 0 saturated heterocycles. The first-order chi connectivity index (χ1) is 14.9.